The predicted octanol–water partition coefficient (Wildman–Crippen LogP) is 2.34. The Morgan fingerprint density at radius 2 is 1.72 bits per heavy atom. The third kappa shape index (κ3) is 5.89. The van der Waals surface area contributed by atoms with Gasteiger partial charge in [-0.2, -0.15) is 0 Å². The van der Waals surface area contributed by atoms with Crippen molar-refractivity contribution >= 4 is 23.2 Å². The fourth-order valence-electron chi connectivity index (χ4n) is 2.25. The summed E-state index contributed by atoms with van der Waals surface area (Å²) < 4.78 is 18.3. The molecule has 0 saturated carbocycles. The van der Waals surface area contributed by atoms with Gasteiger partial charge in [-0.05, 0) is 37.4 Å². The van der Waals surface area contributed by atoms with E-state index in [0.717, 1.165) is 0 Å². The Balaban J connectivity index is 1.83. The Labute approximate surface area is 145 Å². The molecule has 2 aromatic rings. The van der Waals surface area contributed by atoms with Gasteiger partial charge < -0.3 is 15.4 Å². The summed E-state index contributed by atoms with van der Waals surface area (Å²) in [5, 5.41) is 5.32. The highest BCUT2D eigenvalue weighted by molar-refractivity contribution is 5.95. The van der Waals surface area contributed by atoms with Crippen molar-refractivity contribution in [2.75, 3.05) is 37.9 Å². The number of hydrogen-bond acceptors (Lipinski definition) is 4. The summed E-state index contributed by atoms with van der Waals surface area (Å²) in [6.45, 7) is 0.0183. The third-order valence-electron chi connectivity index (χ3n) is 3.32. The second-order valence-electron chi connectivity index (χ2n) is 5.48. The highest BCUT2D eigenvalue weighted by Gasteiger charge is 2.12. The monoisotopic (exact) mass is 345 g/mol. The molecule has 0 radical (unpaired) electrons. The lowest BCUT2D eigenvalue weighted by atomic mass is 10.3. The minimum absolute atomic E-state index is 0.00411. The van der Waals surface area contributed by atoms with E-state index in [1.54, 1.807) is 42.3 Å². The van der Waals surface area contributed by atoms with Crippen molar-refractivity contribution in [3.8, 4) is 5.75 Å². The van der Waals surface area contributed by atoms with Crippen LogP contribution in [0.1, 0.15) is 0 Å². The number of amides is 2. The van der Waals surface area contributed by atoms with Crippen LogP contribution in [-0.4, -0.2) is 44.0 Å². The molecule has 7 heteroatoms. The molecule has 6 nitrogen and oxygen atoms in total. The zero-order valence-electron chi connectivity index (χ0n) is 14.1. The Kier molecular flexibility index (Phi) is 6.47. The minimum atomic E-state index is -0.428. The van der Waals surface area contributed by atoms with E-state index in [-0.39, 0.29) is 24.9 Å². The molecular formula is C18H20FN3O3. The summed E-state index contributed by atoms with van der Waals surface area (Å²) in [4.78, 5) is 25.6. The predicted molar refractivity (Wildman–Crippen MR) is 94.2 cm³/mol. The Morgan fingerprint density at radius 3 is 2.40 bits per heavy atom. The average molecular weight is 345 g/mol. The van der Waals surface area contributed by atoms with Gasteiger partial charge in [0.25, 0.3) is 0 Å². The van der Waals surface area contributed by atoms with Crippen LogP contribution < -0.4 is 15.4 Å². The van der Waals surface area contributed by atoms with Gasteiger partial charge in [-0.25, -0.2) is 4.39 Å². The van der Waals surface area contributed by atoms with E-state index < -0.39 is 5.82 Å². The zero-order chi connectivity index (χ0) is 18.2. The van der Waals surface area contributed by atoms with Gasteiger partial charge in [-0.1, -0.05) is 18.2 Å². The number of anilines is 2. The lowest BCUT2D eigenvalue weighted by Gasteiger charge is -2.16. The van der Waals surface area contributed by atoms with Gasteiger partial charge in [0.05, 0.1) is 25.9 Å². The van der Waals surface area contributed by atoms with Crippen LogP contribution in [0.4, 0.5) is 15.8 Å². The van der Waals surface area contributed by atoms with Crippen LogP contribution in [0, 0.1) is 5.82 Å². The molecule has 0 aliphatic rings. The van der Waals surface area contributed by atoms with Gasteiger partial charge in [0, 0.05) is 5.69 Å². The highest BCUT2D eigenvalue weighted by Crippen LogP contribution is 2.22. The second-order valence-corrected chi connectivity index (χ2v) is 5.48. The van der Waals surface area contributed by atoms with Crippen molar-refractivity contribution in [2.45, 2.75) is 0 Å². The van der Waals surface area contributed by atoms with E-state index in [9.17, 15) is 14.0 Å². The van der Waals surface area contributed by atoms with E-state index >= 15 is 0 Å². The molecule has 0 aliphatic carbocycles. The Morgan fingerprint density at radius 1 is 1.04 bits per heavy atom. The molecule has 2 N–H and O–H groups in total. The zero-order valence-corrected chi connectivity index (χ0v) is 14.1. The number of nitrogens with one attached hydrogen (secondary N) is 2. The maximum absolute atomic E-state index is 13.1. The molecule has 0 aromatic heterocycles. The molecule has 2 amide bonds. The van der Waals surface area contributed by atoms with Crippen LogP contribution >= 0.6 is 0 Å². The smallest absolute Gasteiger partial charge is 0.238 e. The van der Waals surface area contributed by atoms with E-state index in [1.165, 1.54) is 25.3 Å². The van der Waals surface area contributed by atoms with Crippen LogP contribution in [-0.2, 0) is 9.59 Å². The number of rotatable bonds is 7. The first kappa shape index (κ1) is 18.4. The van der Waals surface area contributed by atoms with E-state index in [1.807, 2.05) is 0 Å². The summed E-state index contributed by atoms with van der Waals surface area (Å²) in [5.41, 5.74) is 0.935. The topological polar surface area (TPSA) is 70.7 Å². The average Bonchev–Trinajstić information content (AvgIpc) is 2.54. The SMILES string of the molecule is COc1ccccc1NC(=O)CN(C)CC(=O)Nc1cccc(F)c1. The first-order chi connectivity index (χ1) is 12.0. The van der Waals surface area contributed by atoms with Crippen LogP contribution in [0.2, 0.25) is 0 Å². The van der Waals surface area contributed by atoms with Crippen molar-refractivity contribution < 1.29 is 18.7 Å². The first-order valence-electron chi connectivity index (χ1n) is 7.65. The van der Waals surface area contributed by atoms with Crippen molar-refractivity contribution in [1.29, 1.82) is 0 Å². The molecular weight excluding hydrogens is 325 g/mol. The van der Waals surface area contributed by atoms with Gasteiger partial charge in [-0.3, -0.25) is 14.5 Å². The second kappa shape index (κ2) is 8.79. The number of halogens is 1. The number of hydrogen-bond donors (Lipinski definition) is 2. The number of nitrogens with zero attached hydrogens (tertiary/aromatic N) is 1. The number of methoxy groups -OCH3 is 1. The Bertz CT molecular complexity index is 752. The van der Waals surface area contributed by atoms with Crippen molar-refractivity contribution in [3.05, 3.63) is 54.3 Å². The van der Waals surface area contributed by atoms with Gasteiger partial charge in [0.1, 0.15) is 11.6 Å². The standard InChI is InChI=1S/C18H20FN3O3/c1-22(11-17(23)20-14-7-5-6-13(19)10-14)12-18(24)21-15-8-3-4-9-16(15)25-2/h3-10H,11-12H2,1-2H3,(H,20,23)(H,21,24). The normalized spacial score (nSPS) is 10.4. The summed E-state index contributed by atoms with van der Waals surface area (Å²) in [5.74, 6) is -0.478. The van der Waals surface area contributed by atoms with Gasteiger partial charge in [-0.15, -0.1) is 0 Å². The lowest BCUT2D eigenvalue weighted by molar-refractivity contribution is -0.119. The summed E-state index contributed by atoms with van der Waals surface area (Å²) in [7, 11) is 3.17. The van der Waals surface area contributed by atoms with E-state index in [0.29, 0.717) is 17.1 Å². The molecule has 0 fully saturated rings. The van der Waals surface area contributed by atoms with Crippen LogP contribution in [0.5, 0.6) is 5.75 Å². The quantitative estimate of drug-likeness (QED) is 0.808. The first-order valence-corrected chi connectivity index (χ1v) is 7.65. The van der Waals surface area contributed by atoms with Gasteiger partial charge in [0.2, 0.25) is 11.8 Å². The largest absolute Gasteiger partial charge is 0.495 e. The minimum Gasteiger partial charge on any atom is -0.495 e. The van der Waals surface area contributed by atoms with Crippen molar-refractivity contribution in [2.24, 2.45) is 0 Å². The fourth-order valence-corrected chi connectivity index (χ4v) is 2.25. The number of para-hydroxylation sites is 2. The maximum Gasteiger partial charge on any atom is 0.238 e. The molecule has 0 spiro atoms. The molecule has 0 unspecified atom stereocenters. The summed E-state index contributed by atoms with van der Waals surface area (Å²) in [6.07, 6.45) is 0. The molecule has 25 heavy (non-hydrogen) atoms. The molecule has 0 atom stereocenters. The number of carbonyl (C=O) groups is 2. The van der Waals surface area contributed by atoms with E-state index in [2.05, 4.69) is 10.6 Å². The summed E-state index contributed by atoms with van der Waals surface area (Å²) in [6, 6.07) is 12.7. The Hall–Kier alpha value is -2.93. The molecule has 0 heterocycles. The molecule has 0 saturated heterocycles. The van der Waals surface area contributed by atoms with Crippen molar-refractivity contribution in [1.82, 2.24) is 4.90 Å². The van der Waals surface area contributed by atoms with E-state index in [4.69, 9.17) is 4.74 Å². The van der Waals surface area contributed by atoms with Gasteiger partial charge >= 0.3 is 0 Å². The fraction of sp³-hybridized carbons (Fsp3) is 0.222. The molecule has 0 aliphatic heterocycles. The van der Waals surface area contributed by atoms with Crippen LogP contribution in [0.15, 0.2) is 48.5 Å². The molecule has 2 rings (SSSR count). The molecule has 0 bridgehead atoms. The number of ether oxygens (including phenoxy) is 1. The third-order valence-corrected chi connectivity index (χ3v) is 3.32. The highest BCUT2D eigenvalue weighted by atomic mass is 19.1. The number of carbonyl (C=O) groups excluding carboxylic acids is 2. The maximum atomic E-state index is 13.1. The number of benzene rings is 2. The molecule has 2 aromatic carbocycles. The number of likely N-dealkylation sites (N-methyl/N-ethyl adjacent to an activating group) is 1. The summed E-state index contributed by atoms with van der Waals surface area (Å²) >= 11 is 0. The van der Waals surface area contributed by atoms with Crippen LogP contribution in [0.3, 0.4) is 0 Å². The van der Waals surface area contributed by atoms with Crippen molar-refractivity contribution in [3.63, 3.8) is 0 Å². The lowest BCUT2D eigenvalue weighted by Crippen LogP contribution is -2.36. The van der Waals surface area contributed by atoms with Crippen LogP contribution in [0.25, 0.3) is 0 Å². The molecule has 132 valence electrons. The van der Waals surface area contributed by atoms with Gasteiger partial charge in [0.15, 0.2) is 0 Å².